The van der Waals surface area contributed by atoms with Crippen LogP contribution in [0.3, 0.4) is 0 Å². The molecule has 4 nitrogen and oxygen atoms in total. The smallest absolute Gasteiger partial charge is 0.255 e. The van der Waals surface area contributed by atoms with Crippen molar-refractivity contribution in [3.05, 3.63) is 58.3 Å². The van der Waals surface area contributed by atoms with Crippen LogP contribution in [0.5, 0.6) is 0 Å². The summed E-state index contributed by atoms with van der Waals surface area (Å²) in [5.74, 6) is -0.141. The summed E-state index contributed by atoms with van der Waals surface area (Å²) in [6.07, 6.45) is 3.22. The van der Waals surface area contributed by atoms with Gasteiger partial charge in [0.25, 0.3) is 5.91 Å². The third-order valence-corrected chi connectivity index (χ3v) is 3.58. The van der Waals surface area contributed by atoms with E-state index < -0.39 is 0 Å². The second kappa shape index (κ2) is 6.52. The van der Waals surface area contributed by atoms with Crippen molar-refractivity contribution in [2.24, 2.45) is 0 Å². The molecule has 0 saturated heterocycles. The van der Waals surface area contributed by atoms with Gasteiger partial charge >= 0.3 is 0 Å². The van der Waals surface area contributed by atoms with Gasteiger partial charge in [-0.15, -0.1) is 0 Å². The normalized spacial score (nSPS) is 11.8. The number of pyridine rings is 1. The van der Waals surface area contributed by atoms with Crippen molar-refractivity contribution in [3.63, 3.8) is 0 Å². The van der Waals surface area contributed by atoms with Gasteiger partial charge in [0.1, 0.15) is 0 Å². The van der Waals surface area contributed by atoms with E-state index in [1.807, 2.05) is 31.2 Å². The van der Waals surface area contributed by atoms with Gasteiger partial charge in [0.15, 0.2) is 0 Å². The Morgan fingerprint density at radius 3 is 2.60 bits per heavy atom. The molecule has 104 valence electrons. The van der Waals surface area contributed by atoms with Crippen LogP contribution in [0.4, 0.5) is 5.69 Å². The SMILES string of the molecule is CNc1ccncc1C(=O)NC(C)c1ccc(Br)cc1. The largest absolute Gasteiger partial charge is 0.387 e. The molecule has 2 aromatic rings. The van der Waals surface area contributed by atoms with Crippen molar-refractivity contribution in [2.45, 2.75) is 13.0 Å². The lowest BCUT2D eigenvalue weighted by atomic mass is 10.1. The van der Waals surface area contributed by atoms with Gasteiger partial charge in [-0.2, -0.15) is 0 Å². The van der Waals surface area contributed by atoms with E-state index in [1.54, 1.807) is 25.5 Å². The number of hydrogen-bond acceptors (Lipinski definition) is 3. The molecule has 0 aliphatic rings. The lowest BCUT2D eigenvalue weighted by Crippen LogP contribution is -2.27. The van der Waals surface area contributed by atoms with Crippen molar-refractivity contribution >= 4 is 27.5 Å². The molecule has 0 radical (unpaired) electrons. The third-order valence-electron chi connectivity index (χ3n) is 3.05. The Bertz CT molecular complexity index is 598. The summed E-state index contributed by atoms with van der Waals surface area (Å²) in [5.41, 5.74) is 2.36. The molecule has 5 heteroatoms. The zero-order valence-corrected chi connectivity index (χ0v) is 12.9. The number of carbonyl (C=O) groups excluding carboxylic acids is 1. The fraction of sp³-hybridized carbons (Fsp3) is 0.200. The van der Waals surface area contributed by atoms with Crippen LogP contribution in [-0.4, -0.2) is 17.9 Å². The Balaban J connectivity index is 2.13. The topological polar surface area (TPSA) is 54.0 Å². The van der Waals surface area contributed by atoms with Gasteiger partial charge < -0.3 is 10.6 Å². The number of rotatable bonds is 4. The minimum Gasteiger partial charge on any atom is -0.387 e. The highest BCUT2D eigenvalue weighted by atomic mass is 79.9. The first-order chi connectivity index (χ1) is 9.61. The first kappa shape index (κ1) is 14.5. The fourth-order valence-corrected chi connectivity index (χ4v) is 2.17. The van der Waals surface area contributed by atoms with Crippen LogP contribution in [0.25, 0.3) is 0 Å². The van der Waals surface area contributed by atoms with E-state index in [2.05, 4.69) is 31.5 Å². The zero-order valence-electron chi connectivity index (χ0n) is 11.4. The molecule has 2 rings (SSSR count). The van der Waals surface area contributed by atoms with Gasteiger partial charge in [-0.1, -0.05) is 28.1 Å². The molecule has 0 fully saturated rings. The summed E-state index contributed by atoms with van der Waals surface area (Å²) in [7, 11) is 1.78. The fourth-order valence-electron chi connectivity index (χ4n) is 1.90. The second-order valence-corrected chi connectivity index (χ2v) is 5.33. The van der Waals surface area contributed by atoms with Crippen molar-refractivity contribution in [1.29, 1.82) is 0 Å². The maximum absolute atomic E-state index is 12.3. The van der Waals surface area contributed by atoms with Gasteiger partial charge in [-0.3, -0.25) is 9.78 Å². The van der Waals surface area contributed by atoms with Crippen LogP contribution >= 0.6 is 15.9 Å². The number of carbonyl (C=O) groups is 1. The molecule has 0 aliphatic heterocycles. The highest BCUT2D eigenvalue weighted by Gasteiger charge is 2.14. The van der Waals surface area contributed by atoms with E-state index in [1.165, 1.54) is 0 Å². The van der Waals surface area contributed by atoms with Gasteiger partial charge in [-0.25, -0.2) is 0 Å². The minimum atomic E-state index is -0.141. The molecule has 1 aromatic carbocycles. The molecule has 0 aliphatic carbocycles. The Labute approximate surface area is 126 Å². The van der Waals surface area contributed by atoms with E-state index >= 15 is 0 Å². The number of benzene rings is 1. The standard InChI is InChI=1S/C15H16BrN3O/c1-10(11-3-5-12(16)6-4-11)19-15(20)13-9-18-8-7-14(13)17-2/h3-10H,1-2H3,(H,17,18)(H,19,20). The summed E-state index contributed by atoms with van der Waals surface area (Å²) < 4.78 is 1.02. The monoisotopic (exact) mass is 333 g/mol. The molecule has 2 N–H and O–H groups in total. The van der Waals surface area contributed by atoms with E-state index in [4.69, 9.17) is 0 Å². The summed E-state index contributed by atoms with van der Waals surface area (Å²) in [6, 6.07) is 9.59. The van der Waals surface area contributed by atoms with Crippen LogP contribution in [0.2, 0.25) is 0 Å². The highest BCUT2D eigenvalue weighted by Crippen LogP contribution is 2.18. The second-order valence-electron chi connectivity index (χ2n) is 4.42. The van der Waals surface area contributed by atoms with Crippen LogP contribution in [0.15, 0.2) is 47.2 Å². The van der Waals surface area contributed by atoms with E-state index in [0.717, 1.165) is 15.7 Å². The van der Waals surface area contributed by atoms with Crippen LogP contribution < -0.4 is 10.6 Å². The lowest BCUT2D eigenvalue weighted by Gasteiger charge is -2.15. The van der Waals surface area contributed by atoms with E-state index in [-0.39, 0.29) is 11.9 Å². The molecule has 1 amide bonds. The maximum atomic E-state index is 12.3. The number of hydrogen-bond donors (Lipinski definition) is 2. The number of amides is 1. The van der Waals surface area contributed by atoms with Crippen molar-refractivity contribution in [1.82, 2.24) is 10.3 Å². The minimum absolute atomic E-state index is 0.0690. The number of halogens is 1. The number of nitrogens with zero attached hydrogens (tertiary/aromatic N) is 1. The number of nitrogens with one attached hydrogen (secondary N) is 2. The molecule has 0 spiro atoms. The van der Waals surface area contributed by atoms with Gasteiger partial charge in [0.2, 0.25) is 0 Å². The Kier molecular flexibility index (Phi) is 4.74. The van der Waals surface area contributed by atoms with Crippen molar-refractivity contribution in [3.8, 4) is 0 Å². The van der Waals surface area contributed by atoms with Crippen LogP contribution in [-0.2, 0) is 0 Å². The summed E-state index contributed by atoms with van der Waals surface area (Å²) in [6.45, 7) is 1.95. The predicted octanol–water partition coefficient (Wildman–Crippen LogP) is 3.38. The molecule has 1 atom stereocenters. The molecule has 0 saturated carbocycles. The average molecular weight is 334 g/mol. The molecular weight excluding hydrogens is 318 g/mol. The summed E-state index contributed by atoms with van der Waals surface area (Å²) >= 11 is 3.40. The Morgan fingerprint density at radius 2 is 1.95 bits per heavy atom. The first-order valence-corrected chi connectivity index (χ1v) is 7.09. The summed E-state index contributed by atoms with van der Waals surface area (Å²) in [5, 5.41) is 5.96. The molecule has 1 aromatic heterocycles. The number of aromatic nitrogens is 1. The zero-order chi connectivity index (χ0) is 14.5. The first-order valence-electron chi connectivity index (χ1n) is 6.30. The Hall–Kier alpha value is -1.88. The third kappa shape index (κ3) is 3.36. The van der Waals surface area contributed by atoms with Crippen LogP contribution in [0, 0.1) is 0 Å². The quantitative estimate of drug-likeness (QED) is 0.901. The van der Waals surface area contributed by atoms with Crippen molar-refractivity contribution in [2.75, 3.05) is 12.4 Å². The lowest BCUT2D eigenvalue weighted by molar-refractivity contribution is 0.0940. The van der Waals surface area contributed by atoms with Gasteiger partial charge in [-0.05, 0) is 30.7 Å². The van der Waals surface area contributed by atoms with Crippen molar-refractivity contribution < 1.29 is 4.79 Å². The number of anilines is 1. The molecule has 1 unspecified atom stereocenters. The molecule has 1 heterocycles. The molecule has 0 bridgehead atoms. The van der Waals surface area contributed by atoms with Gasteiger partial charge in [0.05, 0.1) is 11.6 Å². The maximum Gasteiger partial charge on any atom is 0.255 e. The van der Waals surface area contributed by atoms with Gasteiger partial charge in [0, 0.05) is 29.6 Å². The summed E-state index contributed by atoms with van der Waals surface area (Å²) in [4.78, 5) is 16.3. The van der Waals surface area contributed by atoms with E-state index in [0.29, 0.717) is 5.56 Å². The molecule has 20 heavy (non-hydrogen) atoms. The van der Waals surface area contributed by atoms with Crippen LogP contribution in [0.1, 0.15) is 28.9 Å². The highest BCUT2D eigenvalue weighted by molar-refractivity contribution is 9.10. The molecular formula is C15H16BrN3O. The van der Waals surface area contributed by atoms with E-state index in [9.17, 15) is 4.79 Å². The Morgan fingerprint density at radius 1 is 1.25 bits per heavy atom. The predicted molar refractivity (Wildman–Crippen MR) is 83.8 cm³/mol. The average Bonchev–Trinajstić information content (AvgIpc) is 2.47.